The fourth-order valence-electron chi connectivity index (χ4n) is 2.95. The minimum Gasteiger partial charge on any atom is -0.494 e. The van der Waals surface area contributed by atoms with Crippen LogP contribution in [0.1, 0.15) is 12.5 Å². The van der Waals surface area contributed by atoms with Crippen LogP contribution in [0.4, 0.5) is 10.5 Å². The van der Waals surface area contributed by atoms with Crippen LogP contribution in [0.5, 0.6) is 5.75 Å². The van der Waals surface area contributed by atoms with E-state index in [4.69, 9.17) is 4.74 Å². The number of anilines is 1. The molecule has 132 valence electrons. The summed E-state index contributed by atoms with van der Waals surface area (Å²) in [7, 11) is 0. The summed E-state index contributed by atoms with van der Waals surface area (Å²) in [6.07, 6.45) is 0. The van der Waals surface area contributed by atoms with Crippen LogP contribution in [-0.4, -0.2) is 48.6 Å². The fraction of sp³-hybridized carbons (Fsp3) is 0.350. The van der Waals surface area contributed by atoms with E-state index in [1.165, 1.54) is 5.56 Å². The predicted octanol–water partition coefficient (Wildman–Crippen LogP) is 3.44. The van der Waals surface area contributed by atoms with Crippen LogP contribution in [-0.2, 0) is 6.54 Å². The van der Waals surface area contributed by atoms with E-state index in [-0.39, 0.29) is 6.03 Å². The minimum absolute atomic E-state index is 0.0214. The third-order valence-electron chi connectivity index (χ3n) is 4.33. The Labute approximate surface area is 149 Å². The van der Waals surface area contributed by atoms with Gasteiger partial charge in [0.2, 0.25) is 0 Å². The average molecular weight is 339 g/mol. The Hall–Kier alpha value is -2.53. The standard InChI is InChI=1S/C20H25N3O2/c1-2-25-19-10-8-17(9-11-19)16-22-12-14-23(15-13-22)20(24)21-18-6-4-3-5-7-18/h3-11H,2,12-16H2,1H3,(H,21,24). The van der Waals surface area contributed by atoms with E-state index in [2.05, 4.69) is 22.3 Å². The predicted molar refractivity (Wildman–Crippen MR) is 99.9 cm³/mol. The highest BCUT2D eigenvalue weighted by molar-refractivity contribution is 5.89. The Bertz CT molecular complexity index is 665. The second kappa shape index (κ2) is 8.53. The summed E-state index contributed by atoms with van der Waals surface area (Å²) in [6.45, 7) is 6.84. The number of piperazine rings is 1. The van der Waals surface area contributed by atoms with Gasteiger partial charge in [-0.25, -0.2) is 4.79 Å². The largest absolute Gasteiger partial charge is 0.494 e. The fourth-order valence-corrected chi connectivity index (χ4v) is 2.95. The van der Waals surface area contributed by atoms with E-state index in [9.17, 15) is 4.79 Å². The van der Waals surface area contributed by atoms with E-state index < -0.39 is 0 Å². The number of hydrogen-bond acceptors (Lipinski definition) is 3. The molecular formula is C20H25N3O2. The zero-order chi connectivity index (χ0) is 17.5. The lowest BCUT2D eigenvalue weighted by atomic mass is 10.2. The Morgan fingerprint density at radius 3 is 2.32 bits per heavy atom. The highest BCUT2D eigenvalue weighted by Crippen LogP contribution is 2.15. The summed E-state index contributed by atoms with van der Waals surface area (Å²) >= 11 is 0. The number of para-hydroxylation sites is 1. The second-order valence-electron chi connectivity index (χ2n) is 6.14. The quantitative estimate of drug-likeness (QED) is 0.908. The van der Waals surface area contributed by atoms with Gasteiger partial charge in [-0.1, -0.05) is 30.3 Å². The topological polar surface area (TPSA) is 44.8 Å². The molecule has 25 heavy (non-hydrogen) atoms. The molecule has 0 unspecified atom stereocenters. The Morgan fingerprint density at radius 1 is 1.00 bits per heavy atom. The maximum absolute atomic E-state index is 12.3. The van der Waals surface area contributed by atoms with Gasteiger partial charge in [-0.2, -0.15) is 0 Å². The molecule has 2 amide bonds. The number of rotatable bonds is 5. The van der Waals surface area contributed by atoms with Gasteiger partial charge in [0, 0.05) is 38.4 Å². The van der Waals surface area contributed by atoms with Crippen LogP contribution in [0, 0.1) is 0 Å². The van der Waals surface area contributed by atoms with E-state index in [0.29, 0.717) is 6.61 Å². The van der Waals surface area contributed by atoms with Gasteiger partial charge in [0.05, 0.1) is 6.61 Å². The van der Waals surface area contributed by atoms with Crippen molar-refractivity contribution in [1.29, 1.82) is 0 Å². The number of nitrogens with one attached hydrogen (secondary N) is 1. The molecule has 3 rings (SSSR count). The molecule has 1 heterocycles. The van der Waals surface area contributed by atoms with Gasteiger partial charge in [0.1, 0.15) is 5.75 Å². The molecule has 0 saturated carbocycles. The van der Waals surface area contributed by atoms with Gasteiger partial charge in [-0.05, 0) is 36.8 Å². The number of urea groups is 1. The molecule has 1 N–H and O–H groups in total. The molecule has 5 heteroatoms. The van der Waals surface area contributed by atoms with Crippen LogP contribution in [0.2, 0.25) is 0 Å². The molecule has 2 aromatic rings. The number of carbonyl (C=O) groups is 1. The van der Waals surface area contributed by atoms with Gasteiger partial charge in [-0.15, -0.1) is 0 Å². The van der Waals surface area contributed by atoms with E-state index in [0.717, 1.165) is 44.2 Å². The van der Waals surface area contributed by atoms with Crippen LogP contribution < -0.4 is 10.1 Å². The van der Waals surface area contributed by atoms with Crippen molar-refractivity contribution in [2.75, 3.05) is 38.1 Å². The van der Waals surface area contributed by atoms with Crippen LogP contribution >= 0.6 is 0 Å². The lowest BCUT2D eigenvalue weighted by Crippen LogP contribution is -2.49. The molecule has 0 bridgehead atoms. The van der Waals surface area contributed by atoms with Gasteiger partial charge in [0.25, 0.3) is 0 Å². The third kappa shape index (κ3) is 4.97. The first-order valence-corrected chi connectivity index (χ1v) is 8.79. The van der Waals surface area contributed by atoms with Crippen molar-refractivity contribution in [3.05, 3.63) is 60.2 Å². The SMILES string of the molecule is CCOc1ccc(CN2CCN(C(=O)Nc3ccccc3)CC2)cc1. The third-order valence-corrected chi connectivity index (χ3v) is 4.33. The lowest BCUT2D eigenvalue weighted by molar-refractivity contribution is 0.143. The van der Waals surface area contributed by atoms with E-state index in [1.54, 1.807) is 0 Å². The number of carbonyl (C=O) groups excluding carboxylic acids is 1. The van der Waals surface area contributed by atoms with Gasteiger partial charge in [-0.3, -0.25) is 4.90 Å². The van der Waals surface area contributed by atoms with Crippen molar-refractivity contribution >= 4 is 11.7 Å². The molecular weight excluding hydrogens is 314 g/mol. The summed E-state index contributed by atoms with van der Waals surface area (Å²) < 4.78 is 5.48. The molecule has 1 aliphatic rings. The maximum Gasteiger partial charge on any atom is 0.321 e. The highest BCUT2D eigenvalue weighted by atomic mass is 16.5. The summed E-state index contributed by atoms with van der Waals surface area (Å²) in [6, 6.07) is 17.8. The number of hydrogen-bond donors (Lipinski definition) is 1. The monoisotopic (exact) mass is 339 g/mol. The van der Waals surface area contributed by atoms with Crippen LogP contribution in [0.3, 0.4) is 0 Å². The van der Waals surface area contributed by atoms with Crippen molar-refractivity contribution in [3.8, 4) is 5.75 Å². The maximum atomic E-state index is 12.3. The number of benzene rings is 2. The Balaban J connectivity index is 1.46. The summed E-state index contributed by atoms with van der Waals surface area (Å²) in [5.74, 6) is 0.911. The van der Waals surface area contributed by atoms with Crippen molar-refractivity contribution in [3.63, 3.8) is 0 Å². The Morgan fingerprint density at radius 2 is 1.68 bits per heavy atom. The van der Waals surface area contributed by atoms with Crippen LogP contribution in [0.15, 0.2) is 54.6 Å². The molecule has 1 saturated heterocycles. The smallest absolute Gasteiger partial charge is 0.321 e. The molecule has 5 nitrogen and oxygen atoms in total. The molecule has 0 spiro atoms. The average Bonchev–Trinajstić information content (AvgIpc) is 2.65. The molecule has 0 radical (unpaired) electrons. The summed E-state index contributed by atoms with van der Waals surface area (Å²) in [5.41, 5.74) is 2.11. The normalized spacial score (nSPS) is 15.0. The highest BCUT2D eigenvalue weighted by Gasteiger charge is 2.21. The second-order valence-corrected chi connectivity index (χ2v) is 6.14. The molecule has 1 aliphatic heterocycles. The van der Waals surface area contributed by atoms with Gasteiger partial charge in [0.15, 0.2) is 0 Å². The van der Waals surface area contributed by atoms with Crippen molar-refractivity contribution in [1.82, 2.24) is 9.80 Å². The van der Waals surface area contributed by atoms with Gasteiger partial charge >= 0.3 is 6.03 Å². The zero-order valence-electron chi connectivity index (χ0n) is 14.6. The van der Waals surface area contributed by atoms with E-state index in [1.807, 2.05) is 54.3 Å². The van der Waals surface area contributed by atoms with Crippen molar-refractivity contribution < 1.29 is 9.53 Å². The number of amides is 2. The molecule has 2 aromatic carbocycles. The number of ether oxygens (including phenoxy) is 1. The molecule has 0 atom stereocenters. The molecule has 1 fully saturated rings. The summed E-state index contributed by atoms with van der Waals surface area (Å²) in [4.78, 5) is 16.6. The Kier molecular flexibility index (Phi) is 5.90. The van der Waals surface area contributed by atoms with Crippen LogP contribution in [0.25, 0.3) is 0 Å². The zero-order valence-corrected chi connectivity index (χ0v) is 14.6. The molecule has 0 aliphatic carbocycles. The first-order chi connectivity index (χ1) is 12.2. The van der Waals surface area contributed by atoms with Crippen molar-refractivity contribution in [2.45, 2.75) is 13.5 Å². The first kappa shape index (κ1) is 17.3. The lowest BCUT2D eigenvalue weighted by Gasteiger charge is -2.34. The van der Waals surface area contributed by atoms with Crippen molar-refractivity contribution in [2.24, 2.45) is 0 Å². The summed E-state index contributed by atoms with van der Waals surface area (Å²) in [5, 5.41) is 2.95. The van der Waals surface area contributed by atoms with E-state index >= 15 is 0 Å². The first-order valence-electron chi connectivity index (χ1n) is 8.79. The minimum atomic E-state index is -0.0214. The number of nitrogens with zero attached hydrogens (tertiary/aromatic N) is 2. The molecule has 0 aromatic heterocycles. The van der Waals surface area contributed by atoms with Gasteiger partial charge < -0.3 is 15.0 Å².